The van der Waals surface area contributed by atoms with Gasteiger partial charge in [0, 0.05) is 12.1 Å². The Hall–Kier alpha value is -0.740. The Labute approximate surface area is 106 Å². The van der Waals surface area contributed by atoms with E-state index in [-0.39, 0.29) is 0 Å². The number of hydrogen-bond donors (Lipinski definition) is 0. The zero-order valence-corrected chi connectivity index (χ0v) is 11.1. The first-order valence-corrected chi connectivity index (χ1v) is 7.20. The molecule has 0 aromatic rings. The lowest BCUT2D eigenvalue weighted by molar-refractivity contribution is 0.0756. The predicted molar refractivity (Wildman–Crippen MR) is 73.7 cm³/mol. The fourth-order valence-electron chi connectivity index (χ4n) is 3.63. The van der Waals surface area contributed by atoms with Crippen molar-refractivity contribution in [3.63, 3.8) is 0 Å². The molecule has 1 heteroatoms. The SMILES string of the molecule is C#C/C=C/CCC[C@@H]1CC[C@@H](C)[C@@H]2CCCN12. The van der Waals surface area contributed by atoms with E-state index in [0.29, 0.717) is 0 Å². The summed E-state index contributed by atoms with van der Waals surface area (Å²) in [7, 11) is 0. The van der Waals surface area contributed by atoms with E-state index in [1.165, 1.54) is 45.1 Å². The van der Waals surface area contributed by atoms with E-state index in [9.17, 15) is 0 Å². The smallest absolute Gasteiger partial charge is 0.0124 e. The highest BCUT2D eigenvalue weighted by Gasteiger charge is 2.37. The topological polar surface area (TPSA) is 3.24 Å². The second-order valence-electron chi connectivity index (χ2n) is 5.66. The maximum absolute atomic E-state index is 5.19. The van der Waals surface area contributed by atoms with Gasteiger partial charge in [-0.2, -0.15) is 0 Å². The predicted octanol–water partition coefficient (Wildman–Crippen LogP) is 3.61. The molecule has 2 fully saturated rings. The van der Waals surface area contributed by atoms with Crippen LogP contribution in [0.25, 0.3) is 0 Å². The van der Waals surface area contributed by atoms with Gasteiger partial charge in [-0.1, -0.05) is 18.9 Å². The minimum Gasteiger partial charge on any atom is -0.297 e. The molecular formula is C16H25N. The Morgan fingerprint density at radius 2 is 2.24 bits per heavy atom. The highest BCUT2D eigenvalue weighted by molar-refractivity contribution is 5.08. The van der Waals surface area contributed by atoms with Gasteiger partial charge in [0.2, 0.25) is 0 Å². The highest BCUT2D eigenvalue weighted by Crippen LogP contribution is 2.36. The number of nitrogens with zero attached hydrogens (tertiary/aromatic N) is 1. The van der Waals surface area contributed by atoms with Gasteiger partial charge < -0.3 is 0 Å². The summed E-state index contributed by atoms with van der Waals surface area (Å²) in [5.41, 5.74) is 0. The van der Waals surface area contributed by atoms with E-state index in [1.807, 2.05) is 6.08 Å². The normalized spacial score (nSPS) is 33.8. The largest absolute Gasteiger partial charge is 0.297 e. The van der Waals surface area contributed by atoms with Crippen molar-refractivity contribution < 1.29 is 0 Å². The number of unbranched alkanes of at least 4 members (excludes halogenated alkanes) is 1. The number of terminal acetylenes is 1. The zero-order chi connectivity index (χ0) is 12.1. The quantitative estimate of drug-likeness (QED) is 0.528. The fourth-order valence-corrected chi connectivity index (χ4v) is 3.63. The fraction of sp³-hybridized carbons (Fsp3) is 0.750. The van der Waals surface area contributed by atoms with Gasteiger partial charge >= 0.3 is 0 Å². The van der Waals surface area contributed by atoms with Gasteiger partial charge in [0.05, 0.1) is 0 Å². The molecule has 2 heterocycles. The van der Waals surface area contributed by atoms with Crippen LogP contribution in [0.1, 0.15) is 51.9 Å². The zero-order valence-electron chi connectivity index (χ0n) is 11.1. The van der Waals surface area contributed by atoms with Crippen LogP contribution in [0.5, 0.6) is 0 Å². The first-order chi connectivity index (χ1) is 8.33. The van der Waals surface area contributed by atoms with E-state index in [0.717, 1.165) is 24.4 Å². The summed E-state index contributed by atoms with van der Waals surface area (Å²) in [6.45, 7) is 3.79. The van der Waals surface area contributed by atoms with Gasteiger partial charge in [-0.05, 0) is 63.5 Å². The average Bonchev–Trinajstić information content (AvgIpc) is 2.81. The summed E-state index contributed by atoms with van der Waals surface area (Å²) in [5, 5.41) is 0. The average molecular weight is 231 g/mol. The van der Waals surface area contributed by atoms with E-state index in [2.05, 4.69) is 23.8 Å². The monoisotopic (exact) mass is 231 g/mol. The first-order valence-electron chi connectivity index (χ1n) is 7.20. The van der Waals surface area contributed by atoms with Crippen molar-refractivity contribution in [3.05, 3.63) is 12.2 Å². The molecule has 0 radical (unpaired) electrons. The van der Waals surface area contributed by atoms with Crippen LogP contribution < -0.4 is 0 Å². The molecule has 2 rings (SSSR count). The van der Waals surface area contributed by atoms with Crippen LogP contribution in [0.15, 0.2) is 12.2 Å². The Morgan fingerprint density at radius 1 is 1.35 bits per heavy atom. The van der Waals surface area contributed by atoms with Gasteiger partial charge in [0.1, 0.15) is 0 Å². The van der Waals surface area contributed by atoms with Crippen molar-refractivity contribution in [3.8, 4) is 12.3 Å². The molecule has 0 bridgehead atoms. The first kappa shape index (κ1) is 12.7. The molecule has 2 aliphatic rings. The second-order valence-corrected chi connectivity index (χ2v) is 5.66. The second kappa shape index (κ2) is 6.26. The van der Waals surface area contributed by atoms with Crippen molar-refractivity contribution in [1.29, 1.82) is 0 Å². The molecule has 0 aliphatic carbocycles. The minimum atomic E-state index is 0.859. The lowest BCUT2D eigenvalue weighted by Gasteiger charge is -2.41. The Balaban J connectivity index is 1.77. The third-order valence-corrected chi connectivity index (χ3v) is 4.55. The van der Waals surface area contributed by atoms with Crippen LogP contribution in [0.3, 0.4) is 0 Å². The molecule has 17 heavy (non-hydrogen) atoms. The van der Waals surface area contributed by atoms with Gasteiger partial charge in [-0.15, -0.1) is 6.42 Å². The molecule has 0 amide bonds. The third-order valence-electron chi connectivity index (χ3n) is 4.55. The van der Waals surface area contributed by atoms with Crippen LogP contribution in [0.4, 0.5) is 0 Å². The van der Waals surface area contributed by atoms with Crippen LogP contribution in [0, 0.1) is 18.3 Å². The van der Waals surface area contributed by atoms with E-state index >= 15 is 0 Å². The van der Waals surface area contributed by atoms with Crippen molar-refractivity contribution in [2.75, 3.05) is 6.54 Å². The standard InChI is InChI=1S/C16H25N/c1-3-4-5-6-7-9-15-12-11-14(2)16-10-8-13-17(15)16/h1,4-5,14-16H,6-13H2,2H3/b5-4+/t14-,15-,16+/m1/s1. The lowest BCUT2D eigenvalue weighted by Crippen LogP contribution is -2.46. The lowest BCUT2D eigenvalue weighted by atomic mass is 9.85. The maximum Gasteiger partial charge on any atom is 0.0124 e. The van der Waals surface area contributed by atoms with Crippen LogP contribution >= 0.6 is 0 Å². The maximum atomic E-state index is 5.19. The molecular weight excluding hydrogens is 206 g/mol. The Morgan fingerprint density at radius 3 is 3.06 bits per heavy atom. The number of rotatable bonds is 4. The minimum absolute atomic E-state index is 0.859. The number of piperidine rings is 1. The van der Waals surface area contributed by atoms with E-state index < -0.39 is 0 Å². The molecule has 0 aromatic carbocycles. The number of hydrogen-bond acceptors (Lipinski definition) is 1. The van der Waals surface area contributed by atoms with E-state index in [1.54, 1.807) is 0 Å². The van der Waals surface area contributed by atoms with Crippen LogP contribution in [-0.2, 0) is 0 Å². The summed E-state index contributed by atoms with van der Waals surface area (Å²) in [5.74, 6) is 3.48. The molecule has 0 spiro atoms. The summed E-state index contributed by atoms with van der Waals surface area (Å²) < 4.78 is 0. The molecule has 94 valence electrons. The molecule has 0 saturated carbocycles. The molecule has 1 nitrogen and oxygen atoms in total. The summed E-state index contributed by atoms with van der Waals surface area (Å²) >= 11 is 0. The molecule has 0 unspecified atom stereocenters. The molecule has 2 aliphatic heterocycles. The molecule has 0 aromatic heterocycles. The van der Waals surface area contributed by atoms with Gasteiger partial charge in [0.25, 0.3) is 0 Å². The van der Waals surface area contributed by atoms with Crippen molar-refractivity contribution in [2.45, 2.75) is 64.0 Å². The van der Waals surface area contributed by atoms with Gasteiger partial charge in [-0.3, -0.25) is 4.90 Å². The third kappa shape index (κ3) is 3.13. The molecule has 2 saturated heterocycles. The van der Waals surface area contributed by atoms with Gasteiger partial charge in [0.15, 0.2) is 0 Å². The van der Waals surface area contributed by atoms with Crippen LogP contribution in [0.2, 0.25) is 0 Å². The summed E-state index contributed by atoms with van der Waals surface area (Å²) in [4.78, 5) is 2.80. The summed E-state index contributed by atoms with van der Waals surface area (Å²) in [6.07, 6.45) is 18.7. The Kier molecular flexibility index (Phi) is 4.68. The Bertz CT molecular complexity index is 299. The molecule has 0 N–H and O–H groups in total. The number of allylic oxidation sites excluding steroid dienone is 2. The number of fused-ring (bicyclic) bond motifs is 1. The van der Waals surface area contributed by atoms with Crippen molar-refractivity contribution in [1.82, 2.24) is 4.90 Å². The highest BCUT2D eigenvalue weighted by atomic mass is 15.2. The summed E-state index contributed by atoms with van der Waals surface area (Å²) in [6, 6.07) is 1.76. The van der Waals surface area contributed by atoms with E-state index in [4.69, 9.17) is 6.42 Å². The molecule has 3 atom stereocenters. The van der Waals surface area contributed by atoms with Crippen molar-refractivity contribution >= 4 is 0 Å². The van der Waals surface area contributed by atoms with Crippen molar-refractivity contribution in [2.24, 2.45) is 5.92 Å². The van der Waals surface area contributed by atoms with Crippen LogP contribution in [-0.4, -0.2) is 23.5 Å². The van der Waals surface area contributed by atoms with Gasteiger partial charge in [-0.25, -0.2) is 0 Å².